The first-order valence-corrected chi connectivity index (χ1v) is 12.8. The third-order valence-corrected chi connectivity index (χ3v) is 7.08. The van der Waals surface area contributed by atoms with Crippen LogP contribution in [0.2, 0.25) is 0 Å². The highest BCUT2D eigenvalue weighted by Gasteiger charge is 2.19. The van der Waals surface area contributed by atoms with E-state index in [-0.39, 0.29) is 34.9 Å². The fourth-order valence-electron chi connectivity index (χ4n) is 3.88. The summed E-state index contributed by atoms with van der Waals surface area (Å²) in [5.41, 5.74) is 9.26. The summed E-state index contributed by atoms with van der Waals surface area (Å²) in [6.45, 7) is 3.68. The first-order valence-electron chi connectivity index (χ1n) is 11.8. The van der Waals surface area contributed by atoms with Crippen molar-refractivity contribution in [2.75, 3.05) is 16.4 Å². The Bertz CT molecular complexity index is 1470. The van der Waals surface area contributed by atoms with Crippen molar-refractivity contribution in [3.63, 3.8) is 0 Å². The van der Waals surface area contributed by atoms with Crippen LogP contribution in [0.15, 0.2) is 88.6 Å². The number of amides is 2. The number of carbonyl (C=O) groups excluding carboxylic acids is 2. The van der Waals surface area contributed by atoms with E-state index in [2.05, 4.69) is 10.6 Å². The zero-order valence-corrected chi connectivity index (χ0v) is 21.7. The van der Waals surface area contributed by atoms with Crippen molar-refractivity contribution in [2.45, 2.75) is 24.8 Å². The predicted molar refractivity (Wildman–Crippen MR) is 149 cm³/mol. The number of anilines is 2. The Morgan fingerprint density at radius 2 is 1.59 bits per heavy atom. The van der Waals surface area contributed by atoms with Crippen LogP contribution in [0.1, 0.15) is 34.6 Å². The molecule has 0 aliphatic rings. The summed E-state index contributed by atoms with van der Waals surface area (Å²) in [7, 11) is 1.77. The van der Waals surface area contributed by atoms with Gasteiger partial charge < -0.3 is 16.4 Å². The van der Waals surface area contributed by atoms with Gasteiger partial charge >= 0.3 is 0 Å². The Morgan fingerprint density at radius 1 is 0.946 bits per heavy atom. The van der Waals surface area contributed by atoms with Gasteiger partial charge in [0.25, 0.3) is 11.5 Å². The minimum Gasteiger partial charge on any atom is -0.324 e. The van der Waals surface area contributed by atoms with Gasteiger partial charge in [-0.05, 0) is 55.8 Å². The standard InChI is InChI=1S/C28H29N5O3S/c1-18(29)20-13-15-21(16-14-20)30-27(35)23-11-7-8-12-24(23)37-17-25(34)31-26-19(2)32(3)33(28(26)36)22-9-5-4-6-10-22/h4-16,18H,17,29H2,1-3H3,(H,30,35)(H,31,34)/t18-/m0/s1. The summed E-state index contributed by atoms with van der Waals surface area (Å²) in [6, 6.07) is 23.6. The van der Waals surface area contributed by atoms with Crippen molar-refractivity contribution in [3.8, 4) is 5.69 Å². The van der Waals surface area contributed by atoms with E-state index in [1.165, 1.54) is 16.4 Å². The van der Waals surface area contributed by atoms with Crippen molar-refractivity contribution in [1.29, 1.82) is 0 Å². The van der Waals surface area contributed by atoms with Gasteiger partial charge in [-0.15, -0.1) is 11.8 Å². The third kappa shape index (κ3) is 5.84. The normalized spacial score (nSPS) is 11.7. The quantitative estimate of drug-likeness (QED) is 0.300. The van der Waals surface area contributed by atoms with Gasteiger partial charge in [-0.25, -0.2) is 4.68 Å². The molecule has 37 heavy (non-hydrogen) atoms. The SMILES string of the molecule is Cc1c(NC(=O)CSc2ccccc2C(=O)Nc2ccc([C@H](C)N)cc2)c(=O)n(-c2ccccc2)n1C. The zero-order valence-electron chi connectivity index (χ0n) is 20.9. The molecule has 0 fully saturated rings. The molecule has 4 rings (SSSR count). The lowest BCUT2D eigenvalue weighted by atomic mass is 10.1. The Labute approximate surface area is 219 Å². The minimum absolute atomic E-state index is 0.0342. The van der Waals surface area contributed by atoms with Gasteiger partial charge in [0.1, 0.15) is 5.69 Å². The molecule has 0 bridgehead atoms. The van der Waals surface area contributed by atoms with Crippen LogP contribution < -0.4 is 21.9 Å². The maximum atomic E-state index is 13.1. The number of thioether (sulfide) groups is 1. The second-order valence-corrected chi connectivity index (χ2v) is 9.65. The third-order valence-electron chi connectivity index (χ3n) is 6.00. The lowest BCUT2D eigenvalue weighted by molar-refractivity contribution is -0.113. The van der Waals surface area contributed by atoms with E-state index in [0.29, 0.717) is 27.5 Å². The molecular weight excluding hydrogens is 486 g/mol. The van der Waals surface area contributed by atoms with E-state index in [0.717, 1.165) is 5.56 Å². The number of aromatic nitrogens is 2. The smallest absolute Gasteiger partial charge is 0.295 e. The molecule has 190 valence electrons. The molecule has 4 aromatic rings. The molecule has 3 aromatic carbocycles. The molecule has 0 saturated carbocycles. The first-order chi connectivity index (χ1) is 17.8. The van der Waals surface area contributed by atoms with E-state index < -0.39 is 0 Å². The maximum absolute atomic E-state index is 13.1. The van der Waals surface area contributed by atoms with E-state index in [4.69, 9.17) is 5.73 Å². The van der Waals surface area contributed by atoms with Crippen LogP contribution in [0.25, 0.3) is 5.69 Å². The van der Waals surface area contributed by atoms with E-state index in [1.807, 2.05) is 67.6 Å². The monoisotopic (exact) mass is 515 g/mol. The molecule has 1 atom stereocenters. The highest BCUT2D eigenvalue weighted by atomic mass is 32.2. The number of nitrogens with zero attached hydrogens (tertiary/aromatic N) is 2. The highest BCUT2D eigenvalue weighted by Crippen LogP contribution is 2.25. The van der Waals surface area contributed by atoms with E-state index in [9.17, 15) is 14.4 Å². The largest absolute Gasteiger partial charge is 0.324 e. The lowest BCUT2D eigenvalue weighted by Gasteiger charge is -2.11. The summed E-state index contributed by atoms with van der Waals surface area (Å²) in [5.74, 6) is -0.577. The highest BCUT2D eigenvalue weighted by molar-refractivity contribution is 8.00. The predicted octanol–water partition coefficient (Wildman–Crippen LogP) is 4.49. The van der Waals surface area contributed by atoms with Crippen LogP contribution in [0.4, 0.5) is 11.4 Å². The summed E-state index contributed by atoms with van der Waals surface area (Å²) < 4.78 is 3.22. The minimum atomic E-state index is -0.335. The van der Waals surface area contributed by atoms with E-state index in [1.54, 1.807) is 36.9 Å². The van der Waals surface area contributed by atoms with Crippen LogP contribution in [-0.4, -0.2) is 26.9 Å². The van der Waals surface area contributed by atoms with Gasteiger partial charge in [0.2, 0.25) is 5.91 Å². The Balaban J connectivity index is 1.44. The fraction of sp³-hybridized carbons (Fsp3) is 0.179. The zero-order chi connectivity index (χ0) is 26.5. The molecule has 4 N–H and O–H groups in total. The van der Waals surface area contributed by atoms with Crippen LogP contribution in [0.5, 0.6) is 0 Å². The van der Waals surface area contributed by atoms with Gasteiger partial charge in [-0.1, -0.05) is 42.5 Å². The molecular formula is C28H29N5O3S. The summed E-state index contributed by atoms with van der Waals surface area (Å²) in [5, 5.41) is 5.65. The van der Waals surface area contributed by atoms with Crippen molar-refractivity contribution in [2.24, 2.45) is 12.8 Å². The average Bonchev–Trinajstić information content (AvgIpc) is 3.11. The number of benzene rings is 3. The number of para-hydroxylation sites is 1. The molecule has 0 radical (unpaired) electrons. The van der Waals surface area contributed by atoms with E-state index >= 15 is 0 Å². The maximum Gasteiger partial charge on any atom is 0.295 e. The van der Waals surface area contributed by atoms with Gasteiger partial charge in [0, 0.05) is 23.7 Å². The van der Waals surface area contributed by atoms with Crippen molar-refractivity contribution >= 4 is 35.0 Å². The molecule has 1 aromatic heterocycles. The second kappa shape index (κ2) is 11.3. The summed E-state index contributed by atoms with van der Waals surface area (Å²) in [4.78, 5) is 39.5. The number of hydrogen-bond acceptors (Lipinski definition) is 5. The summed E-state index contributed by atoms with van der Waals surface area (Å²) in [6.07, 6.45) is 0. The van der Waals surface area contributed by atoms with Crippen LogP contribution in [-0.2, 0) is 11.8 Å². The molecule has 0 unspecified atom stereocenters. The molecule has 0 aliphatic heterocycles. The Morgan fingerprint density at radius 3 is 2.27 bits per heavy atom. The average molecular weight is 516 g/mol. The number of nitrogens with two attached hydrogens (primary N) is 1. The molecule has 2 amide bonds. The Hall–Kier alpha value is -4.08. The van der Waals surface area contributed by atoms with Crippen LogP contribution in [0, 0.1) is 6.92 Å². The molecule has 9 heteroatoms. The lowest BCUT2D eigenvalue weighted by Crippen LogP contribution is -2.23. The van der Waals surface area contributed by atoms with Crippen molar-refractivity contribution in [1.82, 2.24) is 9.36 Å². The first kappa shape index (κ1) is 26.0. The molecule has 0 aliphatic carbocycles. The topological polar surface area (TPSA) is 111 Å². The van der Waals surface area contributed by atoms with Crippen molar-refractivity contribution in [3.05, 3.63) is 106 Å². The second-order valence-electron chi connectivity index (χ2n) is 8.63. The van der Waals surface area contributed by atoms with Crippen molar-refractivity contribution < 1.29 is 9.59 Å². The summed E-state index contributed by atoms with van der Waals surface area (Å²) >= 11 is 1.23. The number of carbonyl (C=O) groups is 2. The molecule has 1 heterocycles. The molecule has 0 spiro atoms. The number of hydrogen-bond donors (Lipinski definition) is 3. The molecule has 0 saturated heterocycles. The number of nitrogens with one attached hydrogen (secondary N) is 2. The van der Waals surface area contributed by atoms with Gasteiger partial charge in [0.15, 0.2) is 0 Å². The Kier molecular flexibility index (Phi) is 7.95. The van der Waals surface area contributed by atoms with Gasteiger partial charge in [-0.2, -0.15) is 0 Å². The number of rotatable bonds is 8. The van der Waals surface area contributed by atoms with Gasteiger partial charge in [-0.3, -0.25) is 19.1 Å². The van der Waals surface area contributed by atoms with Crippen LogP contribution >= 0.6 is 11.8 Å². The van der Waals surface area contributed by atoms with Crippen LogP contribution in [0.3, 0.4) is 0 Å². The van der Waals surface area contributed by atoms with Gasteiger partial charge in [0.05, 0.1) is 22.7 Å². The fourth-order valence-corrected chi connectivity index (χ4v) is 4.73. The molecule has 8 nitrogen and oxygen atoms in total.